The molecule has 0 saturated heterocycles. The highest BCUT2D eigenvalue weighted by Gasteiger charge is 2.23. The summed E-state index contributed by atoms with van der Waals surface area (Å²) in [6.45, 7) is 4.53. The highest BCUT2D eigenvalue weighted by molar-refractivity contribution is 5.38. The molecule has 1 aliphatic heterocycles. The summed E-state index contributed by atoms with van der Waals surface area (Å²) in [6, 6.07) is 4.81. The summed E-state index contributed by atoms with van der Waals surface area (Å²) in [5.41, 5.74) is 0.894. The number of aromatic hydroxyl groups is 2. The summed E-state index contributed by atoms with van der Waals surface area (Å²) in [5, 5.41) is 27.1. The van der Waals surface area contributed by atoms with E-state index in [2.05, 4.69) is 22.0 Å². The Morgan fingerprint density at radius 2 is 1.89 bits per heavy atom. The van der Waals surface area contributed by atoms with Crippen molar-refractivity contribution in [2.24, 2.45) is 0 Å². The Bertz CT molecular complexity index is 576. The second-order valence-corrected chi connectivity index (χ2v) is 4.87. The number of phenols is 2. The molecule has 2 aromatic rings. The minimum atomic E-state index is 0.0852. The molecule has 6 heteroatoms. The van der Waals surface area contributed by atoms with Crippen molar-refractivity contribution in [3.63, 3.8) is 0 Å². The van der Waals surface area contributed by atoms with Gasteiger partial charge in [-0.1, -0.05) is 0 Å². The summed E-state index contributed by atoms with van der Waals surface area (Å²) in [5.74, 6) is 1.12. The predicted molar refractivity (Wildman–Crippen MR) is 68.6 cm³/mol. The van der Waals surface area contributed by atoms with Crippen molar-refractivity contribution < 1.29 is 10.2 Å². The zero-order valence-electron chi connectivity index (χ0n) is 10.7. The first-order valence-electron chi connectivity index (χ1n) is 6.27. The number of nitrogens with zero attached hydrogens (tertiary/aromatic N) is 4. The van der Waals surface area contributed by atoms with Crippen LogP contribution in [-0.4, -0.2) is 36.4 Å². The van der Waals surface area contributed by atoms with Gasteiger partial charge < -0.3 is 14.8 Å². The van der Waals surface area contributed by atoms with Crippen LogP contribution in [0.4, 0.5) is 0 Å². The number of hydrogen-bond donors (Lipinski definition) is 2. The average Bonchev–Trinajstić information content (AvgIpc) is 2.83. The van der Waals surface area contributed by atoms with E-state index in [4.69, 9.17) is 0 Å². The molecule has 1 aromatic heterocycles. The second-order valence-electron chi connectivity index (χ2n) is 4.87. The Hall–Kier alpha value is -2.08. The molecule has 1 aliphatic rings. The van der Waals surface area contributed by atoms with Crippen LogP contribution < -0.4 is 0 Å². The van der Waals surface area contributed by atoms with Crippen molar-refractivity contribution in [2.75, 3.05) is 6.54 Å². The maximum absolute atomic E-state index is 9.56. The lowest BCUT2D eigenvalue weighted by atomic mass is 10.1. The number of phenolic OH excluding ortho intramolecular Hbond substituents is 2. The van der Waals surface area contributed by atoms with Crippen LogP contribution in [-0.2, 0) is 13.1 Å². The Labute approximate surface area is 110 Å². The lowest BCUT2D eigenvalue weighted by Crippen LogP contribution is -2.35. The van der Waals surface area contributed by atoms with E-state index in [9.17, 15) is 10.2 Å². The van der Waals surface area contributed by atoms with Crippen molar-refractivity contribution in [1.82, 2.24) is 19.7 Å². The largest absolute Gasteiger partial charge is 0.508 e. The molecule has 6 nitrogen and oxygen atoms in total. The lowest BCUT2D eigenvalue weighted by Gasteiger charge is -2.32. The Morgan fingerprint density at radius 3 is 2.63 bits per heavy atom. The van der Waals surface area contributed by atoms with E-state index in [-0.39, 0.29) is 17.5 Å². The second kappa shape index (κ2) is 4.55. The number of hydrogen-bond acceptors (Lipinski definition) is 5. The molecule has 2 N–H and O–H groups in total. The molecule has 19 heavy (non-hydrogen) atoms. The third-order valence-electron chi connectivity index (χ3n) is 3.62. The molecule has 0 radical (unpaired) electrons. The average molecular weight is 260 g/mol. The number of aromatic nitrogens is 3. The SMILES string of the molecule is CC(c1cc(O)cc(O)c1)N1CCn2cnnc2C1. The molecule has 100 valence electrons. The zero-order chi connectivity index (χ0) is 13.4. The van der Waals surface area contributed by atoms with Crippen molar-refractivity contribution in [3.05, 3.63) is 35.9 Å². The van der Waals surface area contributed by atoms with Crippen LogP contribution >= 0.6 is 0 Å². The van der Waals surface area contributed by atoms with Gasteiger partial charge in [-0.2, -0.15) is 0 Å². The first-order valence-corrected chi connectivity index (χ1v) is 6.27. The first kappa shape index (κ1) is 12.0. The van der Waals surface area contributed by atoms with Gasteiger partial charge in [-0.15, -0.1) is 10.2 Å². The van der Waals surface area contributed by atoms with Crippen LogP contribution in [0, 0.1) is 0 Å². The van der Waals surface area contributed by atoms with Gasteiger partial charge >= 0.3 is 0 Å². The molecule has 1 unspecified atom stereocenters. The van der Waals surface area contributed by atoms with Crippen molar-refractivity contribution >= 4 is 0 Å². The van der Waals surface area contributed by atoms with E-state index in [0.29, 0.717) is 0 Å². The third-order valence-corrected chi connectivity index (χ3v) is 3.62. The van der Waals surface area contributed by atoms with Gasteiger partial charge in [0.15, 0.2) is 0 Å². The van der Waals surface area contributed by atoms with Crippen LogP contribution in [0.25, 0.3) is 0 Å². The van der Waals surface area contributed by atoms with Crippen LogP contribution in [0.1, 0.15) is 24.4 Å². The topological polar surface area (TPSA) is 74.4 Å². The summed E-state index contributed by atoms with van der Waals surface area (Å²) in [4.78, 5) is 2.25. The monoisotopic (exact) mass is 260 g/mol. The minimum absolute atomic E-state index is 0.0852. The molecule has 3 rings (SSSR count). The standard InChI is InChI=1S/C13H16N4O2/c1-9(10-4-11(18)6-12(19)5-10)16-2-3-17-8-14-15-13(17)7-16/h4-6,8-9,18-19H,2-3,7H2,1H3. The lowest BCUT2D eigenvalue weighted by molar-refractivity contribution is 0.163. The van der Waals surface area contributed by atoms with Crippen LogP contribution in [0.15, 0.2) is 24.5 Å². The summed E-state index contributed by atoms with van der Waals surface area (Å²) < 4.78 is 2.04. The van der Waals surface area contributed by atoms with E-state index in [1.54, 1.807) is 18.5 Å². The predicted octanol–water partition coefficient (Wildman–Crippen LogP) is 1.27. The Balaban J connectivity index is 1.83. The molecule has 0 amide bonds. The van der Waals surface area contributed by atoms with E-state index in [0.717, 1.165) is 31.0 Å². The number of benzene rings is 1. The van der Waals surface area contributed by atoms with Crippen LogP contribution in [0.2, 0.25) is 0 Å². The summed E-state index contributed by atoms with van der Waals surface area (Å²) in [7, 11) is 0. The maximum Gasteiger partial charge on any atom is 0.147 e. The molecule has 0 spiro atoms. The normalized spacial score (nSPS) is 17.1. The van der Waals surface area contributed by atoms with Gasteiger partial charge in [0.2, 0.25) is 0 Å². The van der Waals surface area contributed by atoms with Crippen molar-refractivity contribution in [1.29, 1.82) is 0 Å². The maximum atomic E-state index is 9.56. The smallest absolute Gasteiger partial charge is 0.147 e. The summed E-state index contributed by atoms with van der Waals surface area (Å²) >= 11 is 0. The molecule has 0 bridgehead atoms. The molecule has 0 saturated carbocycles. The zero-order valence-corrected chi connectivity index (χ0v) is 10.7. The van der Waals surface area contributed by atoms with E-state index in [1.165, 1.54) is 6.07 Å². The number of rotatable bonds is 2. The van der Waals surface area contributed by atoms with Gasteiger partial charge in [0.25, 0.3) is 0 Å². The molecule has 0 fully saturated rings. The summed E-state index contributed by atoms with van der Waals surface area (Å²) in [6.07, 6.45) is 1.75. The molecule has 1 atom stereocenters. The van der Waals surface area contributed by atoms with Gasteiger partial charge in [0, 0.05) is 25.2 Å². The molecule has 2 heterocycles. The highest BCUT2D eigenvalue weighted by atomic mass is 16.3. The van der Waals surface area contributed by atoms with E-state index in [1.807, 2.05) is 4.57 Å². The highest BCUT2D eigenvalue weighted by Crippen LogP contribution is 2.29. The van der Waals surface area contributed by atoms with Gasteiger partial charge in [-0.05, 0) is 24.6 Å². The van der Waals surface area contributed by atoms with Gasteiger partial charge in [-0.25, -0.2) is 0 Å². The van der Waals surface area contributed by atoms with Crippen LogP contribution in [0.5, 0.6) is 11.5 Å². The van der Waals surface area contributed by atoms with Gasteiger partial charge in [0.1, 0.15) is 23.7 Å². The van der Waals surface area contributed by atoms with Crippen molar-refractivity contribution in [3.8, 4) is 11.5 Å². The van der Waals surface area contributed by atoms with Crippen LogP contribution in [0.3, 0.4) is 0 Å². The van der Waals surface area contributed by atoms with Crippen molar-refractivity contribution in [2.45, 2.75) is 26.1 Å². The molecule has 1 aromatic carbocycles. The minimum Gasteiger partial charge on any atom is -0.508 e. The van der Waals surface area contributed by atoms with E-state index < -0.39 is 0 Å². The quantitative estimate of drug-likeness (QED) is 0.850. The van der Waals surface area contributed by atoms with Gasteiger partial charge in [0.05, 0.1) is 6.54 Å². The fourth-order valence-electron chi connectivity index (χ4n) is 2.49. The first-order chi connectivity index (χ1) is 9.13. The Morgan fingerprint density at radius 1 is 1.16 bits per heavy atom. The van der Waals surface area contributed by atoms with E-state index >= 15 is 0 Å². The fraction of sp³-hybridized carbons (Fsp3) is 0.385. The van der Waals surface area contributed by atoms with Gasteiger partial charge in [-0.3, -0.25) is 4.90 Å². The Kier molecular flexibility index (Phi) is 2.87. The number of fused-ring (bicyclic) bond motifs is 1. The molecule has 0 aliphatic carbocycles. The molecular formula is C13H16N4O2. The molecular weight excluding hydrogens is 244 g/mol. The fourth-order valence-corrected chi connectivity index (χ4v) is 2.49. The third kappa shape index (κ3) is 2.26.